The van der Waals surface area contributed by atoms with E-state index in [2.05, 4.69) is 10.6 Å². The molecule has 2 aromatic carbocycles. The van der Waals surface area contributed by atoms with Gasteiger partial charge < -0.3 is 15.5 Å². The molecule has 154 valence electrons. The molecule has 1 heterocycles. The molecule has 0 bridgehead atoms. The summed E-state index contributed by atoms with van der Waals surface area (Å²) in [5.74, 6) is 0.163. The topological polar surface area (TPSA) is 78.5 Å². The average Bonchev–Trinajstić information content (AvgIpc) is 3.12. The summed E-state index contributed by atoms with van der Waals surface area (Å²) < 4.78 is 23.2. The highest BCUT2D eigenvalue weighted by Crippen LogP contribution is 2.23. The number of hydrogen-bond acceptors (Lipinski definition) is 4. The molecular formula is C21H25N3O3S2. The van der Waals surface area contributed by atoms with E-state index < -0.39 is 9.84 Å². The van der Waals surface area contributed by atoms with Crippen molar-refractivity contribution in [2.75, 3.05) is 23.0 Å². The molecule has 8 heteroatoms. The van der Waals surface area contributed by atoms with E-state index in [9.17, 15) is 13.2 Å². The lowest BCUT2D eigenvalue weighted by Crippen LogP contribution is -2.32. The average molecular weight is 432 g/mol. The predicted molar refractivity (Wildman–Crippen MR) is 120 cm³/mol. The van der Waals surface area contributed by atoms with Gasteiger partial charge in [-0.15, -0.1) is 0 Å². The molecule has 1 aliphatic heterocycles. The maximum absolute atomic E-state index is 11.8. The molecule has 2 aromatic rings. The normalized spacial score (nSPS) is 15.2. The van der Waals surface area contributed by atoms with Gasteiger partial charge in [0.05, 0.1) is 10.9 Å². The third kappa shape index (κ3) is 5.33. The third-order valence-electron chi connectivity index (χ3n) is 4.93. The number of carbonyl (C=O) groups excluding carboxylic acids is 1. The Morgan fingerprint density at radius 3 is 2.31 bits per heavy atom. The van der Waals surface area contributed by atoms with Crippen molar-refractivity contribution in [1.29, 1.82) is 0 Å². The molecule has 1 aliphatic rings. The number of rotatable bonds is 6. The van der Waals surface area contributed by atoms with E-state index in [1.807, 2.05) is 43.3 Å². The fourth-order valence-electron chi connectivity index (χ4n) is 3.34. The lowest BCUT2D eigenvalue weighted by Gasteiger charge is -2.21. The van der Waals surface area contributed by atoms with E-state index in [-0.39, 0.29) is 11.9 Å². The minimum atomic E-state index is -3.21. The lowest BCUT2D eigenvalue weighted by molar-refractivity contribution is -0.117. The molecule has 0 aliphatic carbocycles. The van der Waals surface area contributed by atoms with Crippen LogP contribution in [0.15, 0.2) is 53.4 Å². The van der Waals surface area contributed by atoms with Gasteiger partial charge in [-0.1, -0.05) is 19.1 Å². The standard InChI is InChI=1S/C21H25N3O3S2/c1-3-19(15-6-12-18(13-7-15)29(2,26)27)23-21(28)22-16-8-10-17(11-9-16)24-14-4-5-20(24)25/h6-13,19H,3-5,14H2,1-2H3,(H2,22,23,28)/t19-/m1/s1. The van der Waals surface area contributed by atoms with Crippen LogP contribution in [0.4, 0.5) is 11.4 Å². The number of sulfone groups is 1. The summed E-state index contributed by atoms with van der Waals surface area (Å²) in [5.41, 5.74) is 2.70. The van der Waals surface area contributed by atoms with Gasteiger partial charge in [0.1, 0.15) is 0 Å². The molecule has 3 rings (SSSR count). The summed E-state index contributed by atoms with van der Waals surface area (Å²) in [7, 11) is -3.21. The minimum absolute atomic E-state index is 0.0369. The Hall–Kier alpha value is -2.45. The largest absolute Gasteiger partial charge is 0.356 e. The number of nitrogens with one attached hydrogen (secondary N) is 2. The molecule has 0 aromatic heterocycles. The van der Waals surface area contributed by atoms with Crippen molar-refractivity contribution >= 4 is 44.4 Å². The van der Waals surface area contributed by atoms with Crippen LogP contribution in [-0.4, -0.2) is 32.2 Å². The number of benzene rings is 2. The van der Waals surface area contributed by atoms with Crippen LogP contribution in [0.3, 0.4) is 0 Å². The first-order chi connectivity index (χ1) is 13.8. The Morgan fingerprint density at radius 1 is 1.14 bits per heavy atom. The van der Waals surface area contributed by atoms with E-state index in [1.165, 1.54) is 6.26 Å². The van der Waals surface area contributed by atoms with Crippen LogP contribution in [0.5, 0.6) is 0 Å². The second-order valence-electron chi connectivity index (χ2n) is 7.10. The van der Waals surface area contributed by atoms with E-state index >= 15 is 0 Å². The van der Waals surface area contributed by atoms with Gasteiger partial charge in [-0.2, -0.15) is 0 Å². The van der Waals surface area contributed by atoms with Crippen LogP contribution in [0.2, 0.25) is 0 Å². The van der Waals surface area contributed by atoms with Gasteiger partial charge in [0.2, 0.25) is 5.91 Å². The smallest absolute Gasteiger partial charge is 0.227 e. The molecule has 1 saturated heterocycles. The molecule has 2 N–H and O–H groups in total. The molecule has 0 saturated carbocycles. The highest BCUT2D eigenvalue weighted by molar-refractivity contribution is 7.90. The summed E-state index contributed by atoms with van der Waals surface area (Å²) in [4.78, 5) is 13.9. The fraction of sp³-hybridized carbons (Fsp3) is 0.333. The molecule has 0 spiro atoms. The van der Waals surface area contributed by atoms with Crippen LogP contribution in [0, 0.1) is 0 Å². The van der Waals surface area contributed by atoms with Crippen molar-refractivity contribution < 1.29 is 13.2 Å². The molecule has 0 unspecified atom stereocenters. The van der Waals surface area contributed by atoms with E-state index in [4.69, 9.17) is 12.2 Å². The van der Waals surface area contributed by atoms with E-state index in [1.54, 1.807) is 17.0 Å². The quantitative estimate of drug-likeness (QED) is 0.680. The van der Waals surface area contributed by atoms with Gasteiger partial charge in [0.25, 0.3) is 0 Å². The Labute approximate surface area is 177 Å². The highest BCUT2D eigenvalue weighted by atomic mass is 32.2. The molecule has 29 heavy (non-hydrogen) atoms. The van der Waals surface area contributed by atoms with Crippen molar-refractivity contribution in [3.63, 3.8) is 0 Å². The van der Waals surface area contributed by atoms with E-state index in [0.29, 0.717) is 16.4 Å². The van der Waals surface area contributed by atoms with Crippen molar-refractivity contribution in [3.8, 4) is 0 Å². The highest BCUT2D eigenvalue weighted by Gasteiger charge is 2.21. The monoisotopic (exact) mass is 431 g/mol. The summed E-state index contributed by atoms with van der Waals surface area (Å²) in [5, 5.41) is 6.92. The predicted octanol–water partition coefficient (Wildman–Crippen LogP) is 3.65. The number of hydrogen-bond donors (Lipinski definition) is 2. The van der Waals surface area contributed by atoms with Gasteiger partial charge in [0.15, 0.2) is 14.9 Å². The van der Waals surface area contributed by atoms with Crippen LogP contribution in [0.1, 0.15) is 37.8 Å². The van der Waals surface area contributed by atoms with Crippen LogP contribution >= 0.6 is 12.2 Å². The van der Waals surface area contributed by atoms with Gasteiger partial charge >= 0.3 is 0 Å². The molecule has 0 radical (unpaired) electrons. The number of anilines is 2. The number of amides is 1. The van der Waals surface area contributed by atoms with Crippen LogP contribution in [-0.2, 0) is 14.6 Å². The van der Waals surface area contributed by atoms with Gasteiger partial charge in [-0.3, -0.25) is 4.79 Å². The number of thiocarbonyl (C=S) groups is 1. The van der Waals surface area contributed by atoms with Crippen LogP contribution in [0.25, 0.3) is 0 Å². The zero-order valence-electron chi connectivity index (χ0n) is 16.5. The molecule has 6 nitrogen and oxygen atoms in total. The van der Waals surface area contributed by atoms with Crippen molar-refractivity contribution in [3.05, 3.63) is 54.1 Å². The SMILES string of the molecule is CC[C@@H](NC(=S)Nc1ccc(N2CCCC2=O)cc1)c1ccc(S(C)(=O)=O)cc1. The number of nitrogens with zero attached hydrogens (tertiary/aromatic N) is 1. The summed E-state index contributed by atoms with van der Waals surface area (Å²) in [6.45, 7) is 2.80. The fourth-order valence-corrected chi connectivity index (χ4v) is 4.23. The molecule has 1 amide bonds. The van der Waals surface area contributed by atoms with E-state index in [0.717, 1.165) is 36.3 Å². The summed E-state index contributed by atoms with van der Waals surface area (Å²) in [6.07, 6.45) is 3.49. The Morgan fingerprint density at radius 2 is 1.79 bits per heavy atom. The molecule has 1 fully saturated rings. The summed E-state index contributed by atoms with van der Waals surface area (Å²) in [6, 6.07) is 14.4. The molecular weight excluding hydrogens is 406 g/mol. The minimum Gasteiger partial charge on any atom is -0.356 e. The van der Waals surface area contributed by atoms with Crippen molar-refractivity contribution in [2.45, 2.75) is 37.1 Å². The first-order valence-corrected chi connectivity index (χ1v) is 11.9. The maximum atomic E-state index is 11.8. The maximum Gasteiger partial charge on any atom is 0.227 e. The zero-order chi connectivity index (χ0) is 21.0. The first-order valence-electron chi connectivity index (χ1n) is 9.56. The first kappa shape index (κ1) is 21.3. The number of carbonyl (C=O) groups is 1. The Balaban J connectivity index is 1.62. The zero-order valence-corrected chi connectivity index (χ0v) is 18.1. The lowest BCUT2D eigenvalue weighted by atomic mass is 10.1. The van der Waals surface area contributed by atoms with Gasteiger partial charge in [-0.05, 0) is 67.0 Å². The van der Waals surface area contributed by atoms with Crippen LogP contribution < -0.4 is 15.5 Å². The summed E-state index contributed by atoms with van der Waals surface area (Å²) >= 11 is 5.44. The van der Waals surface area contributed by atoms with Crippen molar-refractivity contribution in [2.24, 2.45) is 0 Å². The van der Waals surface area contributed by atoms with Gasteiger partial charge in [-0.25, -0.2) is 8.42 Å². The molecule has 1 atom stereocenters. The Kier molecular flexibility index (Phi) is 6.54. The second-order valence-corrected chi connectivity index (χ2v) is 9.52. The van der Waals surface area contributed by atoms with Crippen molar-refractivity contribution in [1.82, 2.24) is 5.32 Å². The van der Waals surface area contributed by atoms with Gasteiger partial charge in [0, 0.05) is 30.6 Å². The third-order valence-corrected chi connectivity index (χ3v) is 6.28. The second kappa shape index (κ2) is 8.92. The Bertz CT molecular complexity index is 987.